The third-order valence-corrected chi connectivity index (χ3v) is 3.25. The van der Waals surface area contributed by atoms with Gasteiger partial charge in [-0.3, -0.25) is 3.53 Å². The number of halogens is 1. The lowest BCUT2D eigenvalue weighted by atomic mass is 9.88. The first-order chi connectivity index (χ1) is 5.92. The van der Waals surface area contributed by atoms with Crippen molar-refractivity contribution in [3.8, 4) is 0 Å². The molecule has 0 spiro atoms. The van der Waals surface area contributed by atoms with Gasteiger partial charge in [-0.2, -0.15) is 0 Å². The van der Waals surface area contributed by atoms with Crippen LogP contribution in [0.1, 0.15) is 30.0 Å². The van der Waals surface area contributed by atoms with Crippen molar-refractivity contribution in [2.75, 3.05) is 0 Å². The van der Waals surface area contributed by atoms with Crippen molar-refractivity contribution in [1.29, 1.82) is 0 Å². The summed E-state index contributed by atoms with van der Waals surface area (Å²) in [6, 6.07) is 9.33. The first kappa shape index (κ1) is 8.51. The second-order valence-electron chi connectivity index (χ2n) is 3.25. The Morgan fingerprint density at radius 3 is 3.00 bits per heavy atom. The molecular weight excluding hydrogens is 261 g/mol. The van der Waals surface area contributed by atoms with Crippen molar-refractivity contribution in [2.45, 2.75) is 25.3 Å². The molecule has 1 N–H and O–H groups in total. The molecule has 0 heterocycles. The minimum atomic E-state index is 0.579. The molecule has 1 aliphatic rings. The first-order valence-corrected chi connectivity index (χ1v) is 5.43. The zero-order valence-electron chi connectivity index (χ0n) is 6.89. The van der Waals surface area contributed by atoms with E-state index in [0.717, 1.165) is 0 Å². The van der Waals surface area contributed by atoms with Gasteiger partial charge in [0.15, 0.2) is 0 Å². The van der Waals surface area contributed by atoms with Crippen LogP contribution in [-0.2, 0) is 6.42 Å². The molecule has 12 heavy (non-hydrogen) atoms. The molecule has 0 aliphatic heterocycles. The Kier molecular flexibility index (Phi) is 2.66. The predicted octanol–water partition coefficient (Wildman–Crippen LogP) is 3.00. The molecular formula is C10H12IN. The molecule has 2 heteroatoms. The largest absolute Gasteiger partial charge is 0.254 e. The second-order valence-corrected chi connectivity index (χ2v) is 3.88. The molecule has 0 amide bonds. The van der Waals surface area contributed by atoms with Gasteiger partial charge in [0.1, 0.15) is 0 Å². The maximum atomic E-state index is 3.33. The third kappa shape index (κ3) is 1.50. The SMILES string of the molecule is INC1CCCc2ccccc21. The van der Waals surface area contributed by atoms with Crippen LogP contribution in [0.2, 0.25) is 0 Å². The zero-order chi connectivity index (χ0) is 8.39. The van der Waals surface area contributed by atoms with E-state index in [9.17, 15) is 0 Å². The molecule has 1 atom stereocenters. The Hall–Kier alpha value is -0.0900. The fraction of sp³-hybridized carbons (Fsp3) is 0.400. The summed E-state index contributed by atoms with van der Waals surface area (Å²) in [6.45, 7) is 0. The summed E-state index contributed by atoms with van der Waals surface area (Å²) in [5.74, 6) is 0. The van der Waals surface area contributed by atoms with Gasteiger partial charge < -0.3 is 0 Å². The number of hydrogen-bond acceptors (Lipinski definition) is 1. The highest BCUT2D eigenvalue weighted by Gasteiger charge is 2.17. The first-order valence-electron chi connectivity index (χ1n) is 4.36. The van der Waals surface area contributed by atoms with E-state index in [2.05, 4.69) is 50.7 Å². The van der Waals surface area contributed by atoms with Crippen LogP contribution in [0.4, 0.5) is 0 Å². The number of benzene rings is 1. The number of rotatable bonds is 1. The highest BCUT2D eigenvalue weighted by Crippen LogP contribution is 2.29. The Bertz CT molecular complexity index is 272. The lowest BCUT2D eigenvalue weighted by molar-refractivity contribution is 0.553. The summed E-state index contributed by atoms with van der Waals surface area (Å²) in [6.07, 6.45) is 3.85. The maximum absolute atomic E-state index is 3.33. The smallest absolute Gasteiger partial charge is 0.0415 e. The summed E-state index contributed by atoms with van der Waals surface area (Å²) in [4.78, 5) is 0. The normalized spacial score (nSPS) is 21.9. The van der Waals surface area contributed by atoms with Crippen LogP contribution in [0.5, 0.6) is 0 Å². The van der Waals surface area contributed by atoms with Crippen LogP contribution in [-0.4, -0.2) is 0 Å². The summed E-state index contributed by atoms with van der Waals surface area (Å²) in [5, 5.41) is 0. The van der Waals surface area contributed by atoms with Gasteiger partial charge in [-0.15, -0.1) is 0 Å². The molecule has 0 radical (unpaired) electrons. The lowest BCUT2D eigenvalue weighted by Gasteiger charge is -2.23. The number of nitrogens with one attached hydrogen (secondary N) is 1. The average molecular weight is 273 g/mol. The fourth-order valence-electron chi connectivity index (χ4n) is 1.87. The zero-order valence-corrected chi connectivity index (χ0v) is 9.04. The quantitative estimate of drug-likeness (QED) is 0.612. The maximum Gasteiger partial charge on any atom is 0.0415 e. The number of hydrogen-bond donors (Lipinski definition) is 1. The van der Waals surface area contributed by atoms with E-state index < -0.39 is 0 Å². The standard InChI is InChI=1S/C10H12IN/c11-12-10-7-3-5-8-4-1-2-6-9(8)10/h1-2,4,6,10,12H,3,5,7H2. The summed E-state index contributed by atoms with van der Waals surface area (Å²) in [7, 11) is 0. The molecule has 0 fully saturated rings. The van der Waals surface area contributed by atoms with Crippen molar-refractivity contribution >= 4 is 22.9 Å². The van der Waals surface area contributed by atoms with E-state index in [0.29, 0.717) is 6.04 Å². The Morgan fingerprint density at radius 2 is 2.17 bits per heavy atom. The van der Waals surface area contributed by atoms with Gasteiger partial charge in [0.25, 0.3) is 0 Å². The van der Waals surface area contributed by atoms with Gasteiger partial charge >= 0.3 is 0 Å². The van der Waals surface area contributed by atoms with E-state index in [-0.39, 0.29) is 0 Å². The molecule has 0 saturated heterocycles. The molecule has 1 aliphatic carbocycles. The molecule has 64 valence electrons. The van der Waals surface area contributed by atoms with Crippen LogP contribution < -0.4 is 3.53 Å². The van der Waals surface area contributed by atoms with Gasteiger partial charge in [0.2, 0.25) is 0 Å². The van der Waals surface area contributed by atoms with E-state index in [4.69, 9.17) is 0 Å². The Morgan fingerprint density at radius 1 is 1.33 bits per heavy atom. The second kappa shape index (κ2) is 3.75. The van der Waals surface area contributed by atoms with Gasteiger partial charge in [0.05, 0.1) is 0 Å². The molecule has 0 aromatic heterocycles. The summed E-state index contributed by atoms with van der Waals surface area (Å²) in [5.41, 5.74) is 3.02. The monoisotopic (exact) mass is 273 g/mol. The van der Waals surface area contributed by atoms with Crippen molar-refractivity contribution in [2.24, 2.45) is 0 Å². The van der Waals surface area contributed by atoms with Crippen molar-refractivity contribution < 1.29 is 0 Å². The van der Waals surface area contributed by atoms with Gasteiger partial charge in [-0.05, 0) is 30.4 Å². The molecule has 1 aromatic rings. The number of aryl methyl sites for hydroxylation is 1. The minimum Gasteiger partial charge on any atom is -0.254 e. The van der Waals surface area contributed by atoms with Crippen LogP contribution >= 0.6 is 22.9 Å². The molecule has 1 aromatic carbocycles. The Balaban J connectivity index is 2.37. The molecule has 0 saturated carbocycles. The predicted molar refractivity (Wildman–Crippen MR) is 59.3 cm³/mol. The van der Waals surface area contributed by atoms with Crippen molar-refractivity contribution in [3.63, 3.8) is 0 Å². The minimum absolute atomic E-state index is 0.579. The van der Waals surface area contributed by atoms with Gasteiger partial charge in [0, 0.05) is 28.9 Å². The van der Waals surface area contributed by atoms with E-state index in [1.54, 1.807) is 0 Å². The lowest BCUT2D eigenvalue weighted by Crippen LogP contribution is -2.17. The molecule has 1 unspecified atom stereocenters. The van der Waals surface area contributed by atoms with E-state index >= 15 is 0 Å². The third-order valence-electron chi connectivity index (χ3n) is 2.50. The number of fused-ring (bicyclic) bond motifs is 1. The summed E-state index contributed by atoms with van der Waals surface area (Å²) < 4.78 is 3.33. The average Bonchev–Trinajstić information content (AvgIpc) is 2.17. The van der Waals surface area contributed by atoms with Gasteiger partial charge in [-0.25, -0.2) is 0 Å². The van der Waals surface area contributed by atoms with Crippen LogP contribution in [0.15, 0.2) is 24.3 Å². The Labute approximate surface area is 87.1 Å². The molecule has 0 bridgehead atoms. The van der Waals surface area contributed by atoms with Crippen molar-refractivity contribution in [1.82, 2.24) is 3.53 Å². The molecule has 2 rings (SSSR count). The summed E-state index contributed by atoms with van der Waals surface area (Å²) >= 11 is 2.25. The fourth-order valence-corrected chi connectivity index (χ4v) is 2.51. The van der Waals surface area contributed by atoms with Crippen molar-refractivity contribution in [3.05, 3.63) is 35.4 Å². The molecule has 1 nitrogen and oxygen atoms in total. The highest BCUT2D eigenvalue weighted by molar-refractivity contribution is 14.1. The van der Waals surface area contributed by atoms with Crippen LogP contribution in [0.25, 0.3) is 0 Å². The van der Waals surface area contributed by atoms with Gasteiger partial charge in [-0.1, -0.05) is 24.3 Å². The van der Waals surface area contributed by atoms with E-state index in [1.165, 1.54) is 30.4 Å². The van der Waals surface area contributed by atoms with Crippen LogP contribution in [0, 0.1) is 0 Å². The highest BCUT2D eigenvalue weighted by atomic mass is 127. The van der Waals surface area contributed by atoms with Crippen LogP contribution in [0.3, 0.4) is 0 Å². The van der Waals surface area contributed by atoms with E-state index in [1.807, 2.05) is 0 Å². The topological polar surface area (TPSA) is 12.0 Å².